The van der Waals surface area contributed by atoms with E-state index in [0.29, 0.717) is 0 Å². The van der Waals surface area contributed by atoms with E-state index in [2.05, 4.69) is 0 Å². The van der Waals surface area contributed by atoms with Crippen LogP contribution in [-0.2, 0) is 13.6 Å². The molecule has 5 heteroatoms. The second-order valence-electron chi connectivity index (χ2n) is 3.98. The van der Waals surface area contributed by atoms with Gasteiger partial charge < -0.3 is 18.7 Å². The molecule has 1 aliphatic heterocycles. The second kappa shape index (κ2) is 3.79. The van der Waals surface area contributed by atoms with Gasteiger partial charge in [-0.25, -0.2) is 0 Å². The molecule has 0 spiro atoms. The number of rotatable bonds is 3. The van der Waals surface area contributed by atoms with Gasteiger partial charge in [0.15, 0.2) is 0 Å². The van der Waals surface area contributed by atoms with Crippen LogP contribution in [-0.4, -0.2) is 29.5 Å². The summed E-state index contributed by atoms with van der Waals surface area (Å²) >= 11 is 0. The van der Waals surface area contributed by atoms with Gasteiger partial charge in [-0.05, 0) is 27.7 Å². The maximum atomic E-state index is 8.56. The molecule has 0 atom stereocenters. The van der Waals surface area contributed by atoms with E-state index in [1.165, 1.54) is 0 Å². The quantitative estimate of drug-likeness (QED) is 0.719. The number of aliphatic hydroxyl groups is 1. The molecular formula is C8H17O4P. The van der Waals surface area contributed by atoms with E-state index in [4.69, 9.17) is 18.7 Å². The molecule has 0 saturated carbocycles. The molecule has 78 valence electrons. The summed E-state index contributed by atoms with van der Waals surface area (Å²) in [4.78, 5) is 0. The molecule has 0 unspecified atom stereocenters. The Bertz CT molecular complexity index is 165. The van der Waals surface area contributed by atoms with Crippen LogP contribution in [0.15, 0.2) is 0 Å². The van der Waals surface area contributed by atoms with Crippen LogP contribution < -0.4 is 0 Å². The number of hydrogen-bond acceptors (Lipinski definition) is 4. The third kappa shape index (κ3) is 2.39. The Morgan fingerprint density at radius 2 is 1.62 bits per heavy atom. The Balaban J connectivity index is 2.50. The van der Waals surface area contributed by atoms with Crippen LogP contribution in [0.4, 0.5) is 0 Å². The number of aliphatic hydroxyl groups excluding tert-OH is 1. The zero-order valence-electron chi connectivity index (χ0n) is 8.53. The highest BCUT2D eigenvalue weighted by Crippen LogP contribution is 2.58. The highest BCUT2D eigenvalue weighted by molar-refractivity contribution is 7.42. The monoisotopic (exact) mass is 208 g/mol. The third-order valence-corrected chi connectivity index (χ3v) is 3.95. The minimum atomic E-state index is -1.29. The summed E-state index contributed by atoms with van der Waals surface area (Å²) in [5, 5.41) is 8.56. The van der Waals surface area contributed by atoms with Gasteiger partial charge in [0.1, 0.15) is 11.2 Å². The average Bonchev–Trinajstić information content (AvgIpc) is 2.17. The minimum Gasteiger partial charge on any atom is -0.394 e. The highest BCUT2D eigenvalue weighted by atomic mass is 31.2. The van der Waals surface area contributed by atoms with Gasteiger partial charge in [-0.3, -0.25) is 0 Å². The lowest BCUT2D eigenvalue weighted by Crippen LogP contribution is -2.41. The van der Waals surface area contributed by atoms with Crippen LogP contribution in [0.3, 0.4) is 0 Å². The zero-order valence-corrected chi connectivity index (χ0v) is 9.43. The molecule has 1 heterocycles. The maximum Gasteiger partial charge on any atom is 0.334 e. The molecule has 1 aliphatic rings. The summed E-state index contributed by atoms with van der Waals surface area (Å²) in [6.07, 6.45) is 0. The predicted octanol–water partition coefficient (Wildman–Crippen LogP) is 1.83. The molecule has 0 amide bonds. The van der Waals surface area contributed by atoms with Crippen LogP contribution in [0, 0.1) is 0 Å². The molecule has 0 bridgehead atoms. The molecule has 1 rings (SSSR count). The SMILES string of the molecule is CC1(C)OP(OCCO)OC1(C)C. The Labute approximate surface area is 80.2 Å². The maximum absolute atomic E-state index is 8.56. The normalized spacial score (nSPS) is 26.5. The summed E-state index contributed by atoms with van der Waals surface area (Å²) < 4.78 is 16.3. The van der Waals surface area contributed by atoms with E-state index in [1.54, 1.807) is 0 Å². The molecule has 0 aromatic carbocycles. The molecule has 0 aliphatic carbocycles. The van der Waals surface area contributed by atoms with Crippen molar-refractivity contribution in [3.63, 3.8) is 0 Å². The summed E-state index contributed by atoms with van der Waals surface area (Å²) in [5.41, 5.74) is -0.678. The van der Waals surface area contributed by atoms with Crippen molar-refractivity contribution in [1.82, 2.24) is 0 Å². The van der Waals surface area contributed by atoms with Crippen molar-refractivity contribution in [1.29, 1.82) is 0 Å². The second-order valence-corrected chi connectivity index (χ2v) is 5.05. The van der Waals surface area contributed by atoms with Gasteiger partial charge in [0.05, 0.1) is 13.2 Å². The van der Waals surface area contributed by atoms with Gasteiger partial charge in [-0.1, -0.05) is 0 Å². The first kappa shape index (κ1) is 11.3. The molecule has 1 saturated heterocycles. The molecule has 13 heavy (non-hydrogen) atoms. The fraction of sp³-hybridized carbons (Fsp3) is 1.00. The first-order chi connectivity index (χ1) is 5.89. The fourth-order valence-electron chi connectivity index (χ4n) is 0.779. The van der Waals surface area contributed by atoms with E-state index >= 15 is 0 Å². The van der Waals surface area contributed by atoms with Crippen LogP contribution >= 0.6 is 8.60 Å². The summed E-state index contributed by atoms with van der Waals surface area (Å²) in [5.74, 6) is 0. The fourth-order valence-corrected chi connectivity index (χ4v) is 2.34. The van der Waals surface area contributed by atoms with E-state index in [1.807, 2.05) is 27.7 Å². The van der Waals surface area contributed by atoms with Gasteiger partial charge >= 0.3 is 8.60 Å². The molecule has 1 N–H and O–H groups in total. The van der Waals surface area contributed by atoms with E-state index < -0.39 is 8.60 Å². The van der Waals surface area contributed by atoms with E-state index in [9.17, 15) is 0 Å². The van der Waals surface area contributed by atoms with Crippen molar-refractivity contribution in [3.8, 4) is 0 Å². The van der Waals surface area contributed by atoms with Crippen molar-refractivity contribution in [2.75, 3.05) is 13.2 Å². The van der Waals surface area contributed by atoms with Gasteiger partial charge in [0, 0.05) is 0 Å². The van der Waals surface area contributed by atoms with Crippen LogP contribution in [0.1, 0.15) is 27.7 Å². The van der Waals surface area contributed by atoms with Crippen LogP contribution in [0.2, 0.25) is 0 Å². The Morgan fingerprint density at radius 1 is 1.15 bits per heavy atom. The van der Waals surface area contributed by atoms with Gasteiger partial charge in [-0.15, -0.1) is 0 Å². The lowest BCUT2D eigenvalue weighted by Gasteiger charge is -2.29. The largest absolute Gasteiger partial charge is 0.394 e. The predicted molar refractivity (Wildman–Crippen MR) is 50.3 cm³/mol. The van der Waals surface area contributed by atoms with Crippen molar-refractivity contribution in [2.24, 2.45) is 0 Å². The van der Waals surface area contributed by atoms with Gasteiger partial charge in [-0.2, -0.15) is 0 Å². The van der Waals surface area contributed by atoms with Crippen molar-refractivity contribution < 1.29 is 18.7 Å². The number of hydrogen-bond donors (Lipinski definition) is 1. The van der Waals surface area contributed by atoms with E-state index in [0.717, 1.165) is 0 Å². The first-order valence-electron chi connectivity index (χ1n) is 4.31. The van der Waals surface area contributed by atoms with Crippen LogP contribution in [0.5, 0.6) is 0 Å². The molecular weight excluding hydrogens is 191 g/mol. The average molecular weight is 208 g/mol. The molecule has 1 fully saturated rings. The highest BCUT2D eigenvalue weighted by Gasteiger charge is 2.50. The standard InChI is InChI=1S/C8H17O4P/c1-7(2)8(3,4)12-13(11-7)10-6-5-9/h9H,5-6H2,1-4H3. The van der Waals surface area contributed by atoms with Gasteiger partial charge in [0.25, 0.3) is 0 Å². The van der Waals surface area contributed by atoms with Gasteiger partial charge in [0.2, 0.25) is 0 Å². The van der Waals surface area contributed by atoms with Crippen molar-refractivity contribution in [3.05, 3.63) is 0 Å². The lowest BCUT2D eigenvalue weighted by molar-refractivity contribution is 0.00578. The Hall–Kier alpha value is 0.270. The lowest BCUT2D eigenvalue weighted by atomic mass is 9.90. The van der Waals surface area contributed by atoms with Crippen LogP contribution in [0.25, 0.3) is 0 Å². The summed E-state index contributed by atoms with van der Waals surface area (Å²) in [7, 11) is -1.29. The summed E-state index contributed by atoms with van der Waals surface area (Å²) in [6, 6.07) is 0. The molecule has 0 radical (unpaired) electrons. The first-order valence-corrected chi connectivity index (χ1v) is 5.41. The Morgan fingerprint density at radius 3 is 2.00 bits per heavy atom. The van der Waals surface area contributed by atoms with E-state index in [-0.39, 0.29) is 24.4 Å². The third-order valence-electron chi connectivity index (χ3n) is 2.34. The zero-order chi connectivity index (χ0) is 10.1. The Kier molecular flexibility index (Phi) is 3.31. The molecule has 0 aromatic rings. The molecule has 4 nitrogen and oxygen atoms in total. The smallest absolute Gasteiger partial charge is 0.334 e. The van der Waals surface area contributed by atoms with Crippen molar-refractivity contribution >= 4 is 8.60 Å². The summed E-state index contributed by atoms with van der Waals surface area (Å²) in [6.45, 7) is 8.13. The topological polar surface area (TPSA) is 47.9 Å². The minimum absolute atomic E-state index is 0.00753. The molecule has 0 aromatic heterocycles. The van der Waals surface area contributed by atoms with Crippen molar-refractivity contribution in [2.45, 2.75) is 38.9 Å².